The maximum atomic E-state index is 13.4. The number of halogens is 1. The second kappa shape index (κ2) is 5.06. The van der Waals surface area contributed by atoms with E-state index in [1.807, 2.05) is 0 Å². The molecule has 2 aromatic heterocycles. The normalized spacial score (nSPS) is 11.8. The minimum absolute atomic E-state index is 0.0655. The maximum Gasteiger partial charge on any atom is 0.214 e. The van der Waals surface area contributed by atoms with E-state index in [1.165, 1.54) is 28.9 Å². The fourth-order valence-electron chi connectivity index (χ4n) is 2.20. The average molecular weight is 320 g/mol. The minimum Gasteiger partial charge on any atom is -0.370 e. The van der Waals surface area contributed by atoms with Crippen LogP contribution < -0.4 is 5.32 Å². The molecular formula is C14H13FN4O2S. The van der Waals surface area contributed by atoms with E-state index < -0.39 is 15.7 Å². The number of benzene rings is 1. The van der Waals surface area contributed by atoms with Crippen LogP contribution in [0.15, 0.2) is 46.3 Å². The number of nitrogens with zero attached hydrogens (tertiary/aromatic N) is 3. The lowest BCUT2D eigenvalue weighted by Gasteiger charge is -2.05. The van der Waals surface area contributed by atoms with Gasteiger partial charge in [0.1, 0.15) is 5.82 Å². The van der Waals surface area contributed by atoms with Crippen molar-refractivity contribution in [2.45, 2.75) is 16.7 Å². The van der Waals surface area contributed by atoms with Crippen LogP contribution in [0, 0.1) is 12.7 Å². The van der Waals surface area contributed by atoms with Gasteiger partial charge >= 0.3 is 0 Å². The molecule has 0 aliphatic rings. The lowest BCUT2D eigenvalue weighted by Crippen LogP contribution is -2.05. The number of aryl methyl sites for hydroxylation is 1. The van der Waals surface area contributed by atoms with Crippen molar-refractivity contribution < 1.29 is 12.8 Å². The first-order valence-corrected chi connectivity index (χ1v) is 7.96. The van der Waals surface area contributed by atoms with Gasteiger partial charge in [-0.3, -0.25) is 0 Å². The van der Waals surface area contributed by atoms with Gasteiger partial charge in [0.15, 0.2) is 16.4 Å². The van der Waals surface area contributed by atoms with Crippen molar-refractivity contribution in [1.82, 2.24) is 14.6 Å². The Morgan fingerprint density at radius 2 is 2.05 bits per heavy atom. The Morgan fingerprint density at radius 3 is 2.73 bits per heavy atom. The molecule has 0 atom stereocenters. The van der Waals surface area contributed by atoms with E-state index in [0.29, 0.717) is 0 Å². The van der Waals surface area contributed by atoms with E-state index in [-0.39, 0.29) is 21.3 Å². The summed E-state index contributed by atoms with van der Waals surface area (Å²) in [6.45, 7) is 1.79. The van der Waals surface area contributed by atoms with Crippen molar-refractivity contribution in [3.8, 4) is 0 Å². The number of rotatable bonds is 3. The predicted molar refractivity (Wildman–Crippen MR) is 79.1 cm³/mol. The van der Waals surface area contributed by atoms with Crippen LogP contribution in [0.3, 0.4) is 0 Å². The quantitative estimate of drug-likeness (QED) is 0.799. The van der Waals surface area contributed by atoms with Crippen molar-refractivity contribution in [3.05, 3.63) is 48.0 Å². The Kier molecular flexibility index (Phi) is 3.32. The lowest BCUT2D eigenvalue weighted by atomic mass is 10.4. The predicted octanol–water partition coefficient (Wildman–Crippen LogP) is 2.05. The molecule has 1 N–H and O–H groups in total. The number of nitrogens with one attached hydrogen (secondary N) is 1. The summed E-state index contributed by atoms with van der Waals surface area (Å²) >= 11 is 0. The van der Waals surface area contributed by atoms with Gasteiger partial charge in [0.05, 0.1) is 4.90 Å². The van der Waals surface area contributed by atoms with Crippen molar-refractivity contribution in [1.29, 1.82) is 0 Å². The summed E-state index contributed by atoms with van der Waals surface area (Å²) in [5, 5.41) is 6.97. The van der Waals surface area contributed by atoms with E-state index in [1.54, 1.807) is 20.0 Å². The van der Waals surface area contributed by atoms with Gasteiger partial charge in [0, 0.05) is 18.9 Å². The molecule has 3 aromatic rings. The van der Waals surface area contributed by atoms with Crippen LogP contribution in [0.4, 0.5) is 10.2 Å². The van der Waals surface area contributed by atoms with Crippen molar-refractivity contribution in [3.63, 3.8) is 0 Å². The second-order valence-corrected chi connectivity index (χ2v) is 6.60. The molecule has 0 spiro atoms. The van der Waals surface area contributed by atoms with Crippen LogP contribution in [0.2, 0.25) is 0 Å². The molecule has 114 valence electrons. The fraction of sp³-hybridized carbons (Fsp3) is 0.143. The van der Waals surface area contributed by atoms with Gasteiger partial charge in [-0.15, -0.1) is 5.10 Å². The van der Waals surface area contributed by atoms with Crippen LogP contribution in [0.25, 0.3) is 5.65 Å². The van der Waals surface area contributed by atoms with Crippen LogP contribution in [0.5, 0.6) is 0 Å². The van der Waals surface area contributed by atoms with E-state index >= 15 is 0 Å². The Bertz CT molecular complexity index is 966. The van der Waals surface area contributed by atoms with Crippen LogP contribution >= 0.6 is 0 Å². The molecule has 0 radical (unpaired) electrons. The van der Waals surface area contributed by atoms with Gasteiger partial charge < -0.3 is 5.32 Å². The molecule has 0 aliphatic carbocycles. The van der Waals surface area contributed by atoms with E-state index in [4.69, 9.17) is 0 Å². The summed E-state index contributed by atoms with van der Waals surface area (Å²) in [5.41, 5.74) is 0.941. The highest BCUT2D eigenvalue weighted by Crippen LogP contribution is 2.30. The third-order valence-electron chi connectivity index (χ3n) is 3.28. The van der Waals surface area contributed by atoms with Gasteiger partial charge in [-0.05, 0) is 31.2 Å². The molecule has 0 bridgehead atoms. The third-order valence-corrected chi connectivity index (χ3v) is 5.07. The SMILES string of the molecule is CNc1nn2c(C)ccnc2c1S(=O)(=O)c1cccc(F)c1. The number of anilines is 1. The van der Waals surface area contributed by atoms with Gasteiger partial charge in [0.2, 0.25) is 9.84 Å². The van der Waals surface area contributed by atoms with Gasteiger partial charge in [-0.1, -0.05) is 6.07 Å². The lowest BCUT2D eigenvalue weighted by molar-refractivity contribution is 0.591. The highest BCUT2D eigenvalue weighted by atomic mass is 32.2. The first-order chi connectivity index (χ1) is 10.4. The number of aromatic nitrogens is 3. The minimum atomic E-state index is -3.95. The van der Waals surface area contributed by atoms with Gasteiger partial charge in [0.25, 0.3) is 0 Å². The van der Waals surface area contributed by atoms with Crippen LogP contribution in [-0.2, 0) is 9.84 Å². The number of sulfone groups is 1. The molecular weight excluding hydrogens is 307 g/mol. The topological polar surface area (TPSA) is 76.4 Å². The Balaban J connectivity index is 2.36. The van der Waals surface area contributed by atoms with E-state index in [0.717, 1.165) is 11.8 Å². The zero-order valence-electron chi connectivity index (χ0n) is 11.9. The molecule has 22 heavy (non-hydrogen) atoms. The smallest absolute Gasteiger partial charge is 0.214 e. The second-order valence-electron chi connectivity index (χ2n) is 4.71. The Morgan fingerprint density at radius 1 is 1.27 bits per heavy atom. The monoisotopic (exact) mass is 320 g/mol. The van der Waals surface area contributed by atoms with Crippen molar-refractivity contribution >= 4 is 21.3 Å². The molecule has 0 saturated carbocycles. The van der Waals surface area contributed by atoms with Gasteiger partial charge in [-0.25, -0.2) is 22.3 Å². The summed E-state index contributed by atoms with van der Waals surface area (Å²) in [4.78, 5) is 3.91. The molecule has 1 aromatic carbocycles. The number of hydrogen-bond donors (Lipinski definition) is 1. The molecule has 0 fully saturated rings. The highest BCUT2D eigenvalue weighted by molar-refractivity contribution is 7.91. The van der Waals surface area contributed by atoms with E-state index in [2.05, 4.69) is 15.4 Å². The van der Waals surface area contributed by atoms with Gasteiger partial charge in [-0.2, -0.15) is 0 Å². The summed E-state index contributed by atoms with van der Waals surface area (Å²) in [5.74, 6) is -0.446. The standard InChI is InChI=1S/C14H13FN4O2S/c1-9-6-7-17-14-12(13(16-2)18-19(9)14)22(20,21)11-5-3-4-10(15)8-11/h3-8H,1-2H3,(H,16,18). The molecule has 2 heterocycles. The Hall–Kier alpha value is -2.48. The van der Waals surface area contributed by atoms with Crippen molar-refractivity contribution in [2.75, 3.05) is 12.4 Å². The maximum absolute atomic E-state index is 13.4. The molecule has 0 amide bonds. The first kappa shape index (κ1) is 14.5. The molecule has 0 aliphatic heterocycles. The zero-order chi connectivity index (χ0) is 15.9. The largest absolute Gasteiger partial charge is 0.370 e. The van der Waals surface area contributed by atoms with Crippen molar-refractivity contribution in [2.24, 2.45) is 0 Å². The molecule has 0 saturated heterocycles. The summed E-state index contributed by atoms with van der Waals surface area (Å²) in [6, 6.07) is 6.59. The summed E-state index contributed by atoms with van der Waals surface area (Å²) in [6.07, 6.45) is 1.51. The summed E-state index contributed by atoms with van der Waals surface area (Å²) in [7, 11) is -2.38. The molecule has 0 unspecified atom stereocenters. The van der Waals surface area contributed by atoms with Crippen LogP contribution in [0.1, 0.15) is 5.69 Å². The van der Waals surface area contributed by atoms with E-state index in [9.17, 15) is 12.8 Å². The zero-order valence-corrected chi connectivity index (χ0v) is 12.7. The third kappa shape index (κ3) is 2.12. The molecule has 3 rings (SSSR count). The molecule has 8 heteroatoms. The summed E-state index contributed by atoms with van der Waals surface area (Å²) < 4.78 is 40.5. The Labute approximate surface area is 126 Å². The fourth-order valence-corrected chi connectivity index (χ4v) is 3.74. The average Bonchev–Trinajstić information content (AvgIpc) is 2.88. The first-order valence-electron chi connectivity index (χ1n) is 6.48. The highest BCUT2D eigenvalue weighted by Gasteiger charge is 2.28. The van der Waals surface area contributed by atoms with Crippen LogP contribution in [-0.4, -0.2) is 30.1 Å². The molecule has 6 nitrogen and oxygen atoms in total. The number of fused-ring (bicyclic) bond motifs is 1. The number of hydrogen-bond acceptors (Lipinski definition) is 5.